The predicted molar refractivity (Wildman–Crippen MR) is 65.8 cm³/mol. The number of hydrogen-bond donors (Lipinski definition) is 2. The Morgan fingerprint density at radius 1 is 1.41 bits per heavy atom. The minimum absolute atomic E-state index is 0.322. The van der Waals surface area contributed by atoms with E-state index < -0.39 is 12.0 Å². The molecule has 0 saturated carbocycles. The number of carbonyl (C=O) groups is 1. The summed E-state index contributed by atoms with van der Waals surface area (Å²) in [6, 6.07) is 9.07. The molecule has 0 spiro atoms. The Bertz CT molecular complexity index is 340. The SMILES string of the molecule is CC[C@@H](OCc1ccccc1)[C@H](NC)C(=O)O. The van der Waals surface area contributed by atoms with E-state index in [-0.39, 0.29) is 6.10 Å². The van der Waals surface area contributed by atoms with Crippen molar-refractivity contribution < 1.29 is 14.6 Å². The van der Waals surface area contributed by atoms with Gasteiger partial charge in [0.15, 0.2) is 0 Å². The molecule has 2 atom stereocenters. The van der Waals surface area contributed by atoms with Gasteiger partial charge in [0.25, 0.3) is 0 Å². The Balaban J connectivity index is 2.55. The molecule has 0 amide bonds. The van der Waals surface area contributed by atoms with Crippen molar-refractivity contribution in [1.82, 2.24) is 5.32 Å². The van der Waals surface area contributed by atoms with Crippen molar-refractivity contribution in [2.45, 2.75) is 32.1 Å². The molecular weight excluding hydrogens is 218 g/mol. The Kier molecular flexibility index (Phi) is 5.66. The molecule has 0 radical (unpaired) electrons. The molecule has 0 heterocycles. The van der Waals surface area contributed by atoms with Crippen molar-refractivity contribution >= 4 is 5.97 Å². The summed E-state index contributed by atoms with van der Waals surface area (Å²) in [5.74, 6) is -0.882. The van der Waals surface area contributed by atoms with Gasteiger partial charge in [0.2, 0.25) is 0 Å². The fourth-order valence-corrected chi connectivity index (χ4v) is 1.70. The minimum Gasteiger partial charge on any atom is -0.480 e. The molecule has 0 bridgehead atoms. The molecule has 0 saturated heterocycles. The van der Waals surface area contributed by atoms with E-state index in [0.29, 0.717) is 13.0 Å². The Labute approximate surface area is 102 Å². The Morgan fingerprint density at radius 2 is 2.06 bits per heavy atom. The largest absolute Gasteiger partial charge is 0.480 e. The van der Waals surface area contributed by atoms with E-state index in [2.05, 4.69) is 5.32 Å². The molecule has 0 aliphatic rings. The van der Waals surface area contributed by atoms with Crippen LogP contribution >= 0.6 is 0 Å². The molecule has 4 nitrogen and oxygen atoms in total. The second-order valence-electron chi connectivity index (χ2n) is 3.85. The lowest BCUT2D eigenvalue weighted by Crippen LogP contribution is -2.45. The Morgan fingerprint density at radius 3 is 2.53 bits per heavy atom. The highest BCUT2D eigenvalue weighted by Crippen LogP contribution is 2.09. The van der Waals surface area contributed by atoms with Gasteiger partial charge in [-0.3, -0.25) is 4.79 Å². The number of nitrogens with one attached hydrogen (secondary N) is 1. The van der Waals surface area contributed by atoms with Crippen molar-refractivity contribution in [2.75, 3.05) is 7.05 Å². The van der Waals surface area contributed by atoms with Crippen LogP contribution < -0.4 is 5.32 Å². The van der Waals surface area contributed by atoms with Gasteiger partial charge < -0.3 is 15.2 Å². The first-order valence-corrected chi connectivity index (χ1v) is 5.74. The van der Waals surface area contributed by atoms with Gasteiger partial charge in [0, 0.05) is 0 Å². The second kappa shape index (κ2) is 7.04. The number of likely N-dealkylation sites (N-methyl/N-ethyl adjacent to an activating group) is 1. The van der Waals surface area contributed by atoms with Crippen LogP contribution in [0.15, 0.2) is 30.3 Å². The van der Waals surface area contributed by atoms with Gasteiger partial charge in [0.1, 0.15) is 6.04 Å². The van der Waals surface area contributed by atoms with Gasteiger partial charge in [-0.25, -0.2) is 0 Å². The lowest BCUT2D eigenvalue weighted by Gasteiger charge is -2.22. The van der Waals surface area contributed by atoms with Crippen LogP contribution in [0.3, 0.4) is 0 Å². The van der Waals surface area contributed by atoms with Crippen molar-refractivity contribution in [3.05, 3.63) is 35.9 Å². The summed E-state index contributed by atoms with van der Waals surface area (Å²) in [7, 11) is 1.63. The van der Waals surface area contributed by atoms with Crippen LogP contribution in [0, 0.1) is 0 Å². The minimum atomic E-state index is -0.882. The highest BCUT2D eigenvalue weighted by atomic mass is 16.5. The second-order valence-corrected chi connectivity index (χ2v) is 3.85. The van der Waals surface area contributed by atoms with Crippen molar-refractivity contribution in [1.29, 1.82) is 0 Å². The van der Waals surface area contributed by atoms with Crippen LogP contribution in [0.25, 0.3) is 0 Å². The quantitative estimate of drug-likeness (QED) is 0.757. The molecule has 0 aliphatic carbocycles. The third-order valence-corrected chi connectivity index (χ3v) is 2.66. The molecule has 0 aliphatic heterocycles. The first kappa shape index (κ1) is 13.7. The maximum Gasteiger partial charge on any atom is 0.323 e. The number of hydrogen-bond acceptors (Lipinski definition) is 3. The first-order valence-electron chi connectivity index (χ1n) is 5.74. The average Bonchev–Trinajstić information content (AvgIpc) is 2.35. The predicted octanol–water partition coefficient (Wildman–Crippen LogP) is 1.65. The lowest BCUT2D eigenvalue weighted by atomic mass is 10.1. The molecule has 17 heavy (non-hydrogen) atoms. The number of aliphatic carboxylic acids is 1. The lowest BCUT2D eigenvalue weighted by molar-refractivity contribution is -0.144. The molecular formula is C13H19NO3. The first-order chi connectivity index (χ1) is 8.19. The van der Waals surface area contributed by atoms with Gasteiger partial charge >= 0.3 is 5.97 Å². The molecule has 2 N–H and O–H groups in total. The Hall–Kier alpha value is -1.39. The monoisotopic (exact) mass is 237 g/mol. The average molecular weight is 237 g/mol. The summed E-state index contributed by atoms with van der Waals surface area (Å²) in [6.45, 7) is 2.35. The van der Waals surface area contributed by atoms with Gasteiger partial charge in [-0.2, -0.15) is 0 Å². The summed E-state index contributed by atoms with van der Waals surface area (Å²) >= 11 is 0. The summed E-state index contributed by atoms with van der Waals surface area (Å²) < 4.78 is 5.65. The molecule has 0 unspecified atom stereocenters. The maximum absolute atomic E-state index is 11.0. The van der Waals surface area contributed by atoms with Crippen LogP contribution in [0.2, 0.25) is 0 Å². The summed E-state index contributed by atoms with van der Waals surface area (Å²) in [5.41, 5.74) is 1.05. The van der Waals surface area contributed by atoms with Crippen molar-refractivity contribution in [3.63, 3.8) is 0 Å². The fourth-order valence-electron chi connectivity index (χ4n) is 1.70. The maximum atomic E-state index is 11.0. The van der Waals surface area contributed by atoms with Gasteiger partial charge in [-0.05, 0) is 19.0 Å². The van der Waals surface area contributed by atoms with E-state index in [0.717, 1.165) is 5.56 Å². The summed E-state index contributed by atoms with van der Waals surface area (Å²) in [6.07, 6.45) is 0.336. The molecule has 0 fully saturated rings. The van der Waals surface area contributed by atoms with E-state index in [9.17, 15) is 4.79 Å². The van der Waals surface area contributed by atoms with Crippen LogP contribution in [-0.2, 0) is 16.1 Å². The van der Waals surface area contributed by atoms with Gasteiger partial charge in [-0.15, -0.1) is 0 Å². The van der Waals surface area contributed by atoms with Gasteiger partial charge in [0.05, 0.1) is 12.7 Å². The highest BCUT2D eigenvalue weighted by molar-refractivity contribution is 5.74. The van der Waals surface area contributed by atoms with Crippen LogP contribution in [-0.4, -0.2) is 30.3 Å². The molecule has 1 rings (SSSR count). The number of rotatable bonds is 7. The van der Waals surface area contributed by atoms with Crippen molar-refractivity contribution in [2.24, 2.45) is 0 Å². The smallest absolute Gasteiger partial charge is 0.323 e. The third kappa shape index (κ3) is 4.17. The standard InChI is InChI=1S/C13H19NO3/c1-3-11(12(14-2)13(15)16)17-9-10-7-5-4-6-8-10/h4-8,11-12,14H,3,9H2,1-2H3,(H,15,16)/t11-,12+/m1/s1. The zero-order valence-corrected chi connectivity index (χ0v) is 10.2. The highest BCUT2D eigenvalue weighted by Gasteiger charge is 2.25. The van der Waals surface area contributed by atoms with Gasteiger partial charge in [-0.1, -0.05) is 37.3 Å². The van der Waals surface area contributed by atoms with E-state index >= 15 is 0 Å². The zero-order valence-electron chi connectivity index (χ0n) is 10.2. The van der Waals surface area contributed by atoms with Crippen LogP contribution in [0.4, 0.5) is 0 Å². The fraction of sp³-hybridized carbons (Fsp3) is 0.462. The number of carboxylic acids is 1. The van der Waals surface area contributed by atoms with E-state index in [4.69, 9.17) is 9.84 Å². The number of carboxylic acid groups (broad SMARTS) is 1. The molecule has 1 aromatic carbocycles. The number of ether oxygens (including phenoxy) is 1. The summed E-state index contributed by atoms with van der Waals surface area (Å²) in [4.78, 5) is 11.0. The zero-order chi connectivity index (χ0) is 12.7. The number of benzene rings is 1. The van der Waals surface area contributed by atoms with Crippen LogP contribution in [0.1, 0.15) is 18.9 Å². The molecule has 1 aromatic rings. The van der Waals surface area contributed by atoms with E-state index in [1.165, 1.54) is 0 Å². The van der Waals surface area contributed by atoms with E-state index in [1.807, 2.05) is 37.3 Å². The van der Waals surface area contributed by atoms with Crippen molar-refractivity contribution in [3.8, 4) is 0 Å². The topological polar surface area (TPSA) is 58.6 Å². The van der Waals surface area contributed by atoms with E-state index in [1.54, 1.807) is 7.05 Å². The molecule has 4 heteroatoms. The molecule has 0 aromatic heterocycles. The third-order valence-electron chi connectivity index (χ3n) is 2.66. The molecule has 94 valence electrons. The van der Waals surface area contributed by atoms with Crippen LogP contribution in [0.5, 0.6) is 0 Å². The normalized spacial score (nSPS) is 14.2. The summed E-state index contributed by atoms with van der Waals surface area (Å²) in [5, 5.41) is 11.8.